The largest absolute Gasteiger partial charge is 0.416 e. The van der Waals surface area contributed by atoms with Gasteiger partial charge in [-0.15, -0.1) is 11.3 Å². The molecule has 3 heterocycles. The Balaban J connectivity index is 1.55. The topological polar surface area (TPSA) is 104 Å². The summed E-state index contributed by atoms with van der Waals surface area (Å²) in [6.45, 7) is -0.275. The van der Waals surface area contributed by atoms with E-state index in [1.807, 2.05) is 0 Å². The van der Waals surface area contributed by atoms with Crippen molar-refractivity contribution in [3.05, 3.63) is 62.4 Å². The minimum atomic E-state index is -4.48. The Morgan fingerprint density at radius 3 is 2.66 bits per heavy atom. The molecule has 0 saturated carbocycles. The summed E-state index contributed by atoms with van der Waals surface area (Å²) in [6.07, 6.45) is -3.20. The summed E-state index contributed by atoms with van der Waals surface area (Å²) in [7, 11) is 2.79. The third kappa shape index (κ3) is 3.82. The number of nitrogens with one attached hydrogen (secondary N) is 1. The van der Waals surface area contributed by atoms with Crippen LogP contribution in [0.4, 0.5) is 18.3 Å². The van der Waals surface area contributed by atoms with Gasteiger partial charge in [-0.2, -0.15) is 13.2 Å². The smallest absolute Gasteiger partial charge is 0.315 e. The summed E-state index contributed by atoms with van der Waals surface area (Å²) < 4.78 is 42.2. The molecule has 0 aliphatic carbocycles. The number of rotatable bonds is 4. The SMILES string of the molecule is Cn1c(=O)c2c(ncn2CC(=O)Nc2nc(-c3cccc(C(F)(F)F)c3)cs2)n(C)c1=O. The van der Waals surface area contributed by atoms with Crippen LogP contribution in [0.15, 0.2) is 45.6 Å². The minimum absolute atomic E-state index is 0.0912. The molecule has 1 amide bonds. The van der Waals surface area contributed by atoms with E-state index in [9.17, 15) is 27.6 Å². The van der Waals surface area contributed by atoms with E-state index in [0.29, 0.717) is 0 Å². The zero-order valence-electron chi connectivity index (χ0n) is 16.7. The maximum absolute atomic E-state index is 12.9. The van der Waals surface area contributed by atoms with Gasteiger partial charge in [-0.25, -0.2) is 14.8 Å². The molecule has 166 valence electrons. The van der Waals surface area contributed by atoms with E-state index in [0.717, 1.165) is 28.0 Å². The van der Waals surface area contributed by atoms with Crippen LogP contribution in [0.3, 0.4) is 0 Å². The van der Waals surface area contributed by atoms with Gasteiger partial charge >= 0.3 is 11.9 Å². The zero-order chi connectivity index (χ0) is 23.2. The second-order valence-corrected chi connectivity index (χ2v) is 7.77. The number of aryl methyl sites for hydroxylation is 1. The number of imidazole rings is 1. The van der Waals surface area contributed by atoms with E-state index in [1.54, 1.807) is 0 Å². The number of amides is 1. The van der Waals surface area contributed by atoms with Gasteiger partial charge in [-0.1, -0.05) is 12.1 Å². The maximum atomic E-state index is 12.9. The average Bonchev–Trinajstić information content (AvgIpc) is 3.37. The fraction of sp³-hybridized carbons (Fsp3) is 0.211. The zero-order valence-corrected chi connectivity index (χ0v) is 17.5. The van der Waals surface area contributed by atoms with Crippen LogP contribution < -0.4 is 16.6 Å². The van der Waals surface area contributed by atoms with Gasteiger partial charge in [0, 0.05) is 25.0 Å². The molecule has 0 bridgehead atoms. The number of halogens is 3. The number of aromatic nitrogens is 5. The van der Waals surface area contributed by atoms with E-state index in [2.05, 4.69) is 15.3 Å². The van der Waals surface area contributed by atoms with Gasteiger partial charge < -0.3 is 9.88 Å². The van der Waals surface area contributed by atoms with Crippen LogP contribution in [0.5, 0.6) is 0 Å². The molecule has 13 heteroatoms. The van der Waals surface area contributed by atoms with Crippen LogP contribution in [0, 0.1) is 0 Å². The summed E-state index contributed by atoms with van der Waals surface area (Å²) in [5, 5.41) is 4.28. The summed E-state index contributed by atoms with van der Waals surface area (Å²) in [6, 6.07) is 4.73. The van der Waals surface area contributed by atoms with Gasteiger partial charge in [0.2, 0.25) is 5.91 Å². The highest BCUT2D eigenvalue weighted by Crippen LogP contribution is 2.33. The van der Waals surface area contributed by atoms with E-state index in [4.69, 9.17) is 0 Å². The van der Waals surface area contributed by atoms with Crippen molar-refractivity contribution in [1.29, 1.82) is 0 Å². The lowest BCUT2D eigenvalue weighted by molar-refractivity contribution is -0.137. The molecule has 0 radical (unpaired) electrons. The predicted molar refractivity (Wildman–Crippen MR) is 111 cm³/mol. The third-order valence-corrected chi connectivity index (χ3v) is 5.53. The Bertz CT molecular complexity index is 1460. The first-order valence-corrected chi connectivity index (χ1v) is 9.98. The molecule has 1 N–H and O–H groups in total. The Morgan fingerprint density at radius 2 is 1.94 bits per heavy atom. The van der Waals surface area contributed by atoms with E-state index >= 15 is 0 Å². The molecule has 0 fully saturated rings. The lowest BCUT2D eigenvalue weighted by Gasteiger charge is -2.07. The summed E-state index contributed by atoms with van der Waals surface area (Å²) in [5.74, 6) is -0.523. The third-order valence-electron chi connectivity index (χ3n) is 4.77. The molecule has 0 saturated heterocycles. The molecular formula is C19H15F3N6O3S. The molecule has 0 spiro atoms. The van der Waals surface area contributed by atoms with Crippen LogP contribution in [0.25, 0.3) is 22.4 Å². The number of hydrogen-bond donors (Lipinski definition) is 1. The Hall–Kier alpha value is -3.74. The molecule has 3 aromatic heterocycles. The quantitative estimate of drug-likeness (QED) is 0.499. The first-order valence-electron chi connectivity index (χ1n) is 9.10. The van der Waals surface area contributed by atoms with Crippen molar-refractivity contribution in [2.24, 2.45) is 14.1 Å². The normalized spacial score (nSPS) is 11.8. The number of thiazole rings is 1. The second kappa shape index (κ2) is 7.75. The van der Waals surface area contributed by atoms with Crippen molar-refractivity contribution in [1.82, 2.24) is 23.7 Å². The van der Waals surface area contributed by atoms with Crippen LogP contribution >= 0.6 is 11.3 Å². The summed E-state index contributed by atoms with van der Waals surface area (Å²) >= 11 is 1.05. The Morgan fingerprint density at radius 1 is 1.19 bits per heavy atom. The van der Waals surface area contributed by atoms with Crippen LogP contribution in [0.2, 0.25) is 0 Å². The maximum Gasteiger partial charge on any atom is 0.416 e. The first-order chi connectivity index (χ1) is 15.1. The lowest BCUT2D eigenvalue weighted by Crippen LogP contribution is -2.37. The molecule has 1 aromatic carbocycles. The van der Waals surface area contributed by atoms with E-state index in [1.165, 1.54) is 47.1 Å². The van der Waals surface area contributed by atoms with Crippen molar-refractivity contribution in [2.45, 2.75) is 12.7 Å². The summed E-state index contributed by atoms with van der Waals surface area (Å²) in [5.41, 5.74) is -1.14. The summed E-state index contributed by atoms with van der Waals surface area (Å²) in [4.78, 5) is 45.1. The standard InChI is InChI=1S/C19H15F3N6O3S/c1-26-15-14(16(30)27(2)18(26)31)28(9-23-15)7-13(29)25-17-24-12(8-32-17)10-4-3-5-11(6-10)19(20,21)22/h3-6,8-9H,7H2,1-2H3,(H,24,25,29). The number of alkyl halides is 3. The van der Waals surface area contributed by atoms with Crippen LogP contribution in [-0.2, 0) is 31.6 Å². The molecular weight excluding hydrogens is 449 g/mol. The van der Waals surface area contributed by atoms with E-state index < -0.39 is 28.9 Å². The van der Waals surface area contributed by atoms with Crippen molar-refractivity contribution in [2.75, 3.05) is 5.32 Å². The predicted octanol–water partition coefficient (Wildman–Crippen LogP) is 2.21. The van der Waals surface area contributed by atoms with E-state index in [-0.39, 0.29) is 34.1 Å². The number of hydrogen-bond acceptors (Lipinski definition) is 6. The molecule has 0 atom stereocenters. The fourth-order valence-corrected chi connectivity index (χ4v) is 3.88. The van der Waals surface area contributed by atoms with Crippen LogP contribution in [-0.4, -0.2) is 29.6 Å². The Labute approximate surface area is 181 Å². The van der Waals surface area contributed by atoms with Crippen molar-refractivity contribution >= 4 is 33.5 Å². The highest BCUT2D eigenvalue weighted by molar-refractivity contribution is 7.14. The van der Waals surface area contributed by atoms with Crippen LogP contribution in [0.1, 0.15) is 5.56 Å². The number of carbonyl (C=O) groups is 1. The molecule has 0 unspecified atom stereocenters. The van der Waals surface area contributed by atoms with Gasteiger partial charge in [0.05, 0.1) is 17.6 Å². The van der Waals surface area contributed by atoms with Crippen molar-refractivity contribution in [3.63, 3.8) is 0 Å². The molecule has 9 nitrogen and oxygen atoms in total. The molecule has 4 aromatic rings. The number of benzene rings is 1. The van der Waals surface area contributed by atoms with Gasteiger partial charge in [-0.3, -0.25) is 18.7 Å². The highest BCUT2D eigenvalue weighted by atomic mass is 32.1. The van der Waals surface area contributed by atoms with Gasteiger partial charge in [0.1, 0.15) is 6.54 Å². The fourth-order valence-electron chi connectivity index (χ4n) is 3.15. The number of fused-ring (bicyclic) bond motifs is 1. The number of carbonyl (C=O) groups excluding carboxylic acids is 1. The first kappa shape index (κ1) is 21.5. The monoisotopic (exact) mass is 464 g/mol. The molecule has 4 rings (SSSR count). The Kier molecular flexibility index (Phi) is 5.20. The number of anilines is 1. The van der Waals surface area contributed by atoms with Gasteiger partial charge in [0.25, 0.3) is 5.56 Å². The average molecular weight is 464 g/mol. The minimum Gasteiger partial charge on any atom is -0.315 e. The molecule has 0 aliphatic heterocycles. The van der Waals surface area contributed by atoms with Crippen molar-refractivity contribution < 1.29 is 18.0 Å². The molecule has 32 heavy (non-hydrogen) atoms. The number of nitrogens with zero attached hydrogens (tertiary/aromatic N) is 5. The second-order valence-electron chi connectivity index (χ2n) is 6.92. The highest BCUT2D eigenvalue weighted by Gasteiger charge is 2.30. The lowest BCUT2D eigenvalue weighted by atomic mass is 10.1. The van der Waals surface area contributed by atoms with Gasteiger partial charge in [-0.05, 0) is 12.1 Å². The van der Waals surface area contributed by atoms with Crippen molar-refractivity contribution in [3.8, 4) is 11.3 Å². The molecule has 0 aliphatic rings. The van der Waals surface area contributed by atoms with Gasteiger partial charge in [0.15, 0.2) is 16.3 Å².